The van der Waals surface area contributed by atoms with Crippen LogP contribution in [-0.4, -0.2) is 27.5 Å². The molecule has 0 bridgehead atoms. The highest BCUT2D eigenvalue weighted by molar-refractivity contribution is 7.89. The molecule has 15 heavy (non-hydrogen) atoms. The number of rotatable bonds is 4. The summed E-state index contributed by atoms with van der Waals surface area (Å²) in [6, 6.07) is 0. The van der Waals surface area contributed by atoms with E-state index in [0.717, 1.165) is 5.56 Å². The molecule has 0 aliphatic carbocycles. The van der Waals surface area contributed by atoms with Crippen LogP contribution < -0.4 is 10.6 Å². The predicted octanol–water partition coefficient (Wildman–Crippen LogP) is 0.270. The van der Waals surface area contributed by atoms with E-state index in [-0.39, 0.29) is 6.54 Å². The summed E-state index contributed by atoms with van der Waals surface area (Å²) < 4.78 is 23.8. The number of hydrogen-bond donors (Lipinski definition) is 2. The van der Waals surface area contributed by atoms with Gasteiger partial charge in [0.15, 0.2) is 0 Å². The van der Waals surface area contributed by atoms with Crippen LogP contribution in [0, 0.1) is 6.92 Å². The first-order chi connectivity index (χ1) is 6.88. The van der Waals surface area contributed by atoms with Crippen LogP contribution in [0.5, 0.6) is 0 Å². The van der Waals surface area contributed by atoms with E-state index in [4.69, 9.17) is 5.73 Å². The summed E-state index contributed by atoms with van der Waals surface area (Å²) >= 11 is 1.37. The third kappa shape index (κ3) is 2.76. The smallest absolute Gasteiger partial charge is 0.254 e. The zero-order valence-electron chi connectivity index (χ0n) is 8.94. The zero-order valence-corrected chi connectivity index (χ0v) is 10.6. The molecule has 7 heteroatoms. The lowest BCUT2D eigenvalue weighted by Gasteiger charge is -2.13. The number of aryl methyl sites for hydroxylation is 1. The second-order valence-corrected chi connectivity index (χ2v) is 5.93. The molecule has 1 heterocycles. The molecule has 0 fully saturated rings. The summed E-state index contributed by atoms with van der Waals surface area (Å²) in [6.07, 6.45) is 0. The van der Waals surface area contributed by atoms with Crippen molar-refractivity contribution < 1.29 is 8.42 Å². The van der Waals surface area contributed by atoms with Gasteiger partial charge in [-0.1, -0.05) is 0 Å². The number of sulfonamides is 1. The molecule has 86 valence electrons. The molecular formula is C8H15N3O2S2. The van der Waals surface area contributed by atoms with Crippen molar-refractivity contribution in [2.45, 2.75) is 18.4 Å². The fraction of sp³-hybridized carbons (Fsp3) is 0.500. The highest BCUT2D eigenvalue weighted by Crippen LogP contribution is 2.26. The van der Waals surface area contributed by atoms with Crippen molar-refractivity contribution in [2.75, 3.05) is 14.1 Å². The Labute approximate surface area is 93.9 Å². The molecule has 0 atom stereocenters. The minimum atomic E-state index is -3.48. The van der Waals surface area contributed by atoms with E-state index in [1.54, 1.807) is 26.4 Å². The van der Waals surface area contributed by atoms with Gasteiger partial charge in [-0.05, 0) is 17.9 Å². The lowest BCUT2D eigenvalue weighted by molar-refractivity contribution is 0.364. The fourth-order valence-corrected chi connectivity index (χ4v) is 4.06. The quantitative estimate of drug-likeness (QED) is 0.751. The third-order valence-electron chi connectivity index (χ3n) is 1.75. The second-order valence-electron chi connectivity index (χ2n) is 3.36. The summed E-state index contributed by atoms with van der Waals surface area (Å²) in [5, 5.41) is 3.19. The minimum absolute atomic E-state index is 0.238. The van der Waals surface area contributed by atoms with Crippen LogP contribution >= 0.6 is 11.3 Å². The van der Waals surface area contributed by atoms with Gasteiger partial charge in [-0.15, -0.1) is 16.2 Å². The molecule has 0 aromatic carbocycles. The van der Waals surface area contributed by atoms with Gasteiger partial charge in [0.25, 0.3) is 10.0 Å². The van der Waals surface area contributed by atoms with Gasteiger partial charge >= 0.3 is 0 Å². The van der Waals surface area contributed by atoms with Crippen molar-refractivity contribution in [1.82, 2.24) is 9.84 Å². The maximum absolute atomic E-state index is 11.9. The third-order valence-corrected chi connectivity index (χ3v) is 4.71. The molecule has 0 unspecified atom stereocenters. The molecule has 5 nitrogen and oxygen atoms in total. The highest BCUT2D eigenvalue weighted by Gasteiger charge is 2.22. The first-order valence-electron chi connectivity index (χ1n) is 4.35. The largest absolute Gasteiger partial charge is 0.326 e. The maximum atomic E-state index is 11.9. The van der Waals surface area contributed by atoms with E-state index in [9.17, 15) is 8.42 Å². The first kappa shape index (κ1) is 12.6. The number of hydrogen-bond acceptors (Lipinski definition) is 5. The van der Waals surface area contributed by atoms with Gasteiger partial charge in [-0.25, -0.2) is 13.4 Å². The average molecular weight is 249 g/mol. The SMILES string of the molecule is Cc1csc(CN)c1S(=O)(=O)NN(C)C. The summed E-state index contributed by atoms with van der Waals surface area (Å²) in [4.78, 5) is 3.38. The Hall–Kier alpha value is -0.470. The molecule has 1 aromatic heterocycles. The molecule has 0 amide bonds. The van der Waals surface area contributed by atoms with Crippen LogP contribution in [0.4, 0.5) is 0 Å². The number of hydrazine groups is 1. The predicted molar refractivity (Wildman–Crippen MR) is 61.0 cm³/mol. The van der Waals surface area contributed by atoms with Crippen LogP contribution in [0.3, 0.4) is 0 Å². The van der Waals surface area contributed by atoms with E-state index >= 15 is 0 Å². The van der Waals surface area contributed by atoms with Crippen molar-refractivity contribution in [3.05, 3.63) is 15.8 Å². The lowest BCUT2D eigenvalue weighted by Crippen LogP contribution is -2.36. The molecule has 0 aliphatic rings. The molecule has 3 N–H and O–H groups in total. The molecular weight excluding hydrogens is 234 g/mol. The van der Waals surface area contributed by atoms with Gasteiger partial charge in [-0.2, -0.15) is 0 Å². The summed E-state index contributed by atoms with van der Waals surface area (Å²) in [5.74, 6) is 0. The number of thiophene rings is 1. The monoisotopic (exact) mass is 249 g/mol. The van der Waals surface area contributed by atoms with Gasteiger partial charge in [0, 0.05) is 25.5 Å². The van der Waals surface area contributed by atoms with E-state index in [2.05, 4.69) is 4.83 Å². The molecule has 0 radical (unpaired) electrons. The van der Waals surface area contributed by atoms with Crippen molar-refractivity contribution in [2.24, 2.45) is 5.73 Å². The Balaban J connectivity index is 3.20. The number of nitrogens with zero attached hydrogens (tertiary/aromatic N) is 1. The molecule has 0 spiro atoms. The molecule has 0 aliphatic heterocycles. The van der Waals surface area contributed by atoms with Crippen LogP contribution in [-0.2, 0) is 16.6 Å². The Bertz CT molecular complexity index is 437. The molecule has 0 saturated carbocycles. The van der Waals surface area contributed by atoms with Crippen LogP contribution in [0.25, 0.3) is 0 Å². The van der Waals surface area contributed by atoms with Gasteiger partial charge in [0.2, 0.25) is 0 Å². The maximum Gasteiger partial charge on any atom is 0.254 e. The van der Waals surface area contributed by atoms with E-state index < -0.39 is 10.0 Å². The van der Waals surface area contributed by atoms with E-state index in [0.29, 0.717) is 9.77 Å². The van der Waals surface area contributed by atoms with Crippen LogP contribution in [0.1, 0.15) is 10.4 Å². The Morgan fingerprint density at radius 2 is 2.13 bits per heavy atom. The van der Waals surface area contributed by atoms with Gasteiger partial charge < -0.3 is 5.73 Å². The van der Waals surface area contributed by atoms with E-state index in [1.165, 1.54) is 16.3 Å². The number of nitrogens with two attached hydrogens (primary N) is 1. The van der Waals surface area contributed by atoms with Crippen molar-refractivity contribution in [3.63, 3.8) is 0 Å². The molecule has 1 aromatic rings. The van der Waals surface area contributed by atoms with Gasteiger partial charge in [0.05, 0.1) is 0 Å². The Kier molecular flexibility index (Phi) is 3.85. The zero-order chi connectivity index (χ0) is 11.6. The summed E-state index contributed by atoms with van der Waals surface area (Å²) in [6.45, 7) is 2.00. The Morgan fingerprint density at radius 1 is 1.53 bits per heavy atom. The lowest BCUT2D eigenvalue weighted by atomic mass is 10.3. The van der Waals surface area contributed by atoms with Crippen molar-refractivity contribution in [1.29, 1.82) is 0 Å². The summed E-state index contributed by atoms with van der Waals surface area (Å²) in [5.41, 5.74) is 6.23. The normalized spacial score (nSPS) is 12.3. The summed E-state index contributed by atoms with van der Waals surface area (Å²) in [7, 11) is -0.231. The average Bonchev–Trinajstić information content (AvgIpc) is 2.44. The van der Waals surface area contributed by atoms with Crippen LogP contribution in [0.15, 0.2) is 10.3 Å². The van der Waals surface area contributed by atoms with Crippen molar-refractivity contribution >= 4 is 21.4 Å². The Morgan fingerprint density at radius 3 is 2.60 bits per heavy atom. The number of nitrogens with one attached hydrogen (secondary N) is 1. The standard InChI is InChI=1S/C8H15N3O2S2/c1-6-5-14-7(4-9)8(6)15(12,13)10-11(2)3/h5,10H,4,9H2,1-3H3. The van der Waals surface area contributed by atoms with Crippen LogP contribution in [0.2, 0.25) is 0 Å². The van der Waals surface area contributed by atoms with E-state index in [1.807, 2.05) is 0 Å². The molecule has 0 saturated heterocycles. The second kappa shape index (κ2) is 4.58. The highest BCUT2D eigenvalue weighted by atomic mass is 32.2. The first-order valence-corrected chi connectivity index (χ1v) is 6.71. The fourth-order valence-electron chi connectivity index (χ4n) is 1.28. The van der Waals surface area contributed by atoms with Gasteiger partial charge in [-0.3, -0.25) is 0 Å². The van der Waals surface area contributed by atoms with Gasteiger partial charge in [0.1, 0.15) is 4.90 Å². The molecule has 1 rings (SSSR count). The minimum Gasteiger partial charge on any atom is -0.326 e. The topological polar surface area (TPSA) is 75.4 Å². The van der Waals surface area contributed by atoms with Crippen molar-refractivity contribution in [3.8, 4) is 0 Å².